The summed E-state index contributed by atoms with van der Waals surface area (Å²) in [5, 5.41) is 9.51. The van der Waals surface area contributed by atoms with Gasteiger partial charge in [0.1, 0.15) is 12.4 Å². The molecular weight excluding hydrogens is 421 g/mol. The quantitative estimate of drug-likeness (QED) is 0.476. The molecule has 9 heteroatoms. The first-order chi connectivity index (χ1) is 13.5. The van der Waals surface area contributed by atoms with E-state index in [-0.39, 0.29) is 11.7 Å². The van der Waals surface area contributed by atoms with E-state index in [1.807, 2.05) is 6.07 Å². The van der Waals surface area contributed by atoms with E-state index >= 15 is 0 Å². The van der Waals surface area contributed by atoms with Crippen LogP contribution in [-0.2, 0) is 4.79 Å². The van der Waals surface area contributed by atoms with E-state index in [2.05, 4.69) is 10.2 Å². The molecule has 0 saturated carbocycles. The molecule has 2 aromatic carbocycles. The third-order valence-electron chi connectivity index (χ3n) is 3.73. The van der Waals surface area contributed by atoms with E-state index in [1.165, 1.54) is 11.8 Å². The lowest BCUT2D eigenvalue weighted by Gasteiger charge is -2.16. The highest BCUT2D eigenvalue weighted by Gasteiger charge is 2.14. The molecule has 0 N–H and O–H groups in total. The zero-order valence-corrected chi connectivity index (χ0v) is 17.3. The van der Waals surface area contributed by atoms with Crippen molar-refractivity contribution in [1.29, 1.82) is 0 Å². The monoisotopic (exact) mass is 437 g/mol. The summed E-state index contributed by atoms with van der Waals surface area (Å²) in [5.41, 5.74) is 0.731. The third kappa shape index (κ3) is 5.89. The van der Waals surface area contributed by atoms with Gasteiger partial charge in [0, 0.05) is 22.7 Å². The number of rotatable bonds is 8. The van der Waals surface area contributed by atoms with Gasteiger partial charge in [-0.15, -0.1) is 10.2 Å². The second-order valence-electron chi connectivity index (χ2n) is 5.79. The molecule has 1 heterocycles. The highest BCUT2D eigenvalue weighted by molar-refractivity contribution is 7.99. The number of likely N-dealkylation sites (N-methyl/N-ethyl adjacent to an activating group) is 1. The van der Waals surface area contributed by atoms with Crippen LogP contribution in [-0.4, -0.2) is 47.0 Å². The molecule has 28 heavy (non-hydrogen) atoms. The normalized spacial score (nSPS) is 10.7. The second-order valence-corrected chi connectivity index (χ2v) is 7.59. The zero-order chi connectivity index (χ0) is 19.9. The lowest BCUT2D eigenvalue weighted by molar-refractivity contribution is -0.127. The lowest BCUT2D eigenvalue weighted by atomic mass is 10.2. The topological polar surface area (TPSA) is 68.5 Å². The minimum atomic E-state index is -0.0628. The molecule has 0 bridgehead atoms. The van der Waals surface area contributed by atoms with Gasteiger partial charge >= 0.3 is 0 Å². The fraction of sp³-hybridized carbons (Fsp3) is 0.211. The van der Waals surface area contributed by atoms with Crippen molar-refractivity contribution in [2.45, 2.75) is 5.22 Å². The molecule has 0 atom stereocenters. The highest BCUT2D eigenvalue weighted by atomic mass is 35.5. The number of thioether (sulfide) groups is 1. The van der Waals surface area contributed by atoms with E-state index in [0.717, 1.165) is 5.56 Å². The molecule has 146 valence electrons. The molecule has 3 rings (SSSR count). The summed E-state index contributed by atoms with van der Waals surface area (Å²) in [6.07, 6.45) is 0. The maximum Gasteiger partial charge on any atom is 0.277 e. The third-order valence-corrected chi connectivity index (χ3v) is 5.02. The first-order valence-corrected chi connectivity index (χ1v) is 10.1. The summed E-state index contributed by atoms with van der Waals surface area (Å²) in [7, 11) is 1.72. The van der Waals surface area contributed by atoms with E-state index in [0.29, 0.717) is 40.1 Å². The van der Waals surface area contributed by atoms with E-state index in [1.54, 1.807) is 54.4 Å². The number of carbonyl (C=O) groups excluding carboxylic acids is 1. The van der Waals surface area contributed by atoms with E-state index in [9.17, 15) is 4.79 Å². The molecule has 0 spiro atoms. The smallest absolute Gasteiger partial charge is 0.277 e. The van der Waals surface area contributed by atoms with Gasteiger partial charge in [-0.05, 0) is 42.5 Å². The van der Waals surface area contributed by atoms with Crippen molar-refractivity contribution in [2.75, 3.05) is 26.0 Å². The molecule has 0 aliphatic heterocycles. The fourth-order valence-electron chi connectivity index (χ4n) is 2.20. The number of ether oxygens (including phenoxy) is 1. The molecule has 0 aliphatic rings. The van der Waals surface area contributed by atoms with Gasteiger partial charge in [0.25, 0.3) is 5.22 Å². The Bertz CT molecular complexity index is 934. The van der Waals surface area contributed by atoms with Crippen LogP contribution in [0.4, 0.5) is 0 Å². The summed E-state index contributed by atoms with van der Waals surface area (Å²) in [5.74, 6) is 1.20. The van der Waals surface area contributed by atoms with Crippen LogP contribution in [0.3, 0.4) is 0 Å². The number of amides is 1. The number of aromatic nitrogens is 2. The second kappa shape index (κ2) is 9.82. The zero-order valence-electron chi connectivity index (χ0n) is 15.0. The Kier molecular flexibility index (Phi) is 7.19. The van der Waals surface area contributed by atoms with Gasteiger partial charge in [-0.3, -0.25) is 4.79 Å². The Morgan fingerprint density at radius 2 is 1.93 bits per heavy atom. The van der Waals surface area contributed by atoms with E-state index < -0.39 is 0 Å². The summed E-state index contributed by atoms with van der Waals surface area (Å²) in [6, 6.07) is 14.2. The Labute approximate surface area is 176 Å². The molecule has 0 radical (unpaired) electrons. The van der Waals surface area contributed by atoms with Gasteiger partial charge in [-0.2, -0.15) is 0 Å². The van der Waals surface area contributed by atoms with Crippen LogP contribution >= 0.6 is 35.0 Å². The number of hydrogen-bond acceptors (Lipinski definition) is 6. The van der Waals surface area contributed by atoms with Crippen LogP contribution in [0.15, 0.2) is 58.2 Å². The molecule has 1 aromatic heterocycles. The maximum atomic E-state index is 12.2. The van der Waals surface area contributed by atoms with Crippen molar-refractivity contribution < 1.29 is 13.9 Å². The van der Waals surface area contributed by atoms with Crippen molar-refractivity contribution in [3.05, 3.63) is 58.6 Å². The van der Waals surface area contributed by atoms with Crippen molar-refractivity contribution in [3.8, 4) is 17.2 Å². The number of halogens is 2. The van der Waals surface area contributed by atoms with Crippen molar-refractivity contribution in [2.24, 2.45) is 0 Å². The average molecular weight is 438 g/mol. The minimum absolute atomic E-state index is 0.0628. The van der Waals surface area contributed by atoms with Crippen molar-refractivity contribution in [1.82, 2.24) is 15.1 Å². The summed E-state index contributed by atoms with van der Waals surface area (Å²) < 4.78 is 11.2. The van der Waals surface area contributed by atoms with Gasteiger partial charge in [-0.1, -0.05) is 41.0 Å². The summed E-state index contributed by atoms with van der Waals surface area (Å²) in [6.45, 7) is 0.841. The Hall–Kier alpha value is -2.22. The van der Waals surface area contributed by atoms with Crippen molar-refractivity contribution >= 4 is 40.9 Å². The van der Waals surface area contributed by atoms with Gasteiger partial charge in [0.2, 0.25) is 11.8 Å². The predicted octanol–water partition coefficient (Wildman–Crippen LogP) is 4.67. The van der Waals surface area contributed by atoms with Gasteiger partial charge in [0.05, 0.1) is 12.3 Å². The molecule has 1 amide bonds. The molecule has 0 unspecified atom stereocenters. The van der Waals surface area contributed by atoms with Crippen LogP contribution in [0.25, 0.3) is 11.5 Å². The van der Waals surface area contributed by atoms with Gasteiger partial charge < -0.3 is 14.1 Å². The molecule has 0 aliphatic carbocycles. The van der Waals surface area contributed by atoms with Crippen LogP contribution in [0, 0.1) is 0 Å². The standard InChI is InChI=1S/C19H17Cl2N3O3S/c1-24(9-10-26-16-7-5-14(20)6-8-16)17(25)12-28-19-23-22-18(27-19)13-3-2-4-15(21)11-13/h2-8,11H,9-10,12H2,1H3. The number of hydrogen-bond donors (Lipinski definition) is 0. The average Bonchev–Trinajstić information content (AvgIpc) is 3.16. The molecule has 3 aromatic rings. The first-order valence-electron chi connectivity index (χ1n) is 8.36. The molecule has 0 saturated heterocycles. The molecule has 0 fully saturated rings. The van der Waals surface area contributed by atoms with Crippen LogP contribution in [0.1, 0.15) is 0 Å². The van der Waals surface area contributed by atoms with Crippen LogP contribution in [0.2, 0.25) is 10.0 Å². The van der Waals surface area contributed by atoms with Gasteiger partial charge in [-0.25, -0.2) is 0 Å². The van der Waals surface area contributed by atoms with Gasteiger partial charge in [0.15, 0.2) is 0 Å². The maximum absolute atomic E-state index is 12.2. The van der Waals surface area contributed by atoms with Crippen LogP contribution in [0.5, 0.6) is 5.75 Å². The predicted molar refractivity (Wildman–Crippen MR) is 110 cm³/mol. The first kappa shape index (κ1) is 20.5. The Morgan fingerprint density at radius 1 is 1.14 bits per heavy atom. The highest BCUT2D eigenvalue weighted by Crippen LogP contribution is 2.25. The minimum Gasteiger partial charge on any atom is -0.492 e. The number of benzene rings is 2. The van der Waals surface area contributed by atoms with Crippen molar-refractivity contribution in [3.63, 3.8) is 0 Å². The van der Waals surface area contributed by atoms with Crippen LogP contribution < -0.4 is 4.74 Å². The Morgan fingerprint density at radius 3 is 2.68 bits per heavy atom. The lowest BCUT2D eigenvalue weighted by Crippen LogP contribution is -2.32. The number of nitrogens with zero attached hydrogens (tertiary/aromatic N) is 3. The summed E-state index contributed by atoms with van der Waals surface area (Å²) in [4.78, 5) is 13.8. The molecule has 6 nitrogen and oxygen atoms in total. The summed E-state index contributed by atoms with van der Waals surface area (Å²) >= 11 is 13.0. The Balaban J connectivity index is 1.44. The van der Waals surface area contributed by atoms with E-state index in [4.69, 9.17) is 32.4 Å². The largest absolute Gasteiger partial charge is 0.492 e. The fourth-order valence-corrected chi connectivity index (χ4v) is 3.22. The number of carbonyl (C=O) groups is 1. The molecular formula is C19H17Cl2N3O3S. The SMILES string of the molecule is CN(CCOc1ccc(Cl)cc1)C(=O)CSc1nnc(-c2cccc(Cl)c2)o1.